The number of rotatable bonds is 3. The smallest absolute Gasteiger partial charge is 0.288 e. The molecule has 6 rings (SSSR count). The fourth-order valence-electron chi connectivity index (χ4n) is 5.10. The predicted octanol–water partition coefficient (Wildman–Crippen LogP) is 3.84. The Balaban J connectivity index is 1.31. The van der Waals surface area contributed by atoms with Gasteiger partial charge in [-0.3, -0.25) is 4.79 Å². The number of likely N-dealkylation sites (tertiary alicyclic amines) is 1. The van der Waals surface area contributed by atoms with Gasteiger partial charge in [-0.05, 0) is 43.5 Å². The zero-order chi connectivity index (χ0) is 22.7. The number of aromatic nitrogens is 1. The Hall–Kier alpha value is -3.17. The molecule has 2 aliphatic heterocycles. The number of fused-ring (bicyclic) bond motifs is 3. The molecule has 3 N–H and O–H groups in total. The highest BCUT2D eigenvalue weighted by molar-refractivity contribution is 7.22. The van der Waals surface area contributed by atoms with Gasteiger partial charge in [0.15, 0.2) is 6.17 Å². The molecule has 2 aromatic carbocycles. The van der Waals surface area contributed by atoms with E-state index in [1.807, 2.05) is 18.2 Å². The molecule has 1 saturated carbocycles. The Labute approximate surface area is 194 Å². The van der Waals surface area contributed by atoms with Crippen LogP contribution < -0.4 is 14.5 Å². The van der Waals surface area contributed by atoms with Gasteiger partial charge in [-0.2, -0.15) is 4.98 Å². The van der Waals surface area contributed by atoms with Crippen molar-refractivity contribution in [3.8, 4) is 11.5 Å². The number of quaternary nitrogens is 1. The molecule has 3 unspecified atom stereocenters. The lowest BCUT2D eigenvalue weighted by molar-refractivity contribution is 0.0831. The first-order valence-corrected chi connectivity index (χ1v) is 12.1. The van der Waals surface area contributed by atoms with Crippen molar-refractivity contribution in [2.75, 3.05) is 13.6 Å². The molecule has 33 heavy (non-hydrogen) atoms. The number of para-hydroxylation sites is 1. The first kappa shape index (κ1) is 20.4. The van der Waals surface area contributed by atoms with Crippen molar-refractivity contribution in [1.82, 2.24) is 14.8 Å². The summed E-state index contributed by atoms with van der Waals surface area (Å²) in [6.07, 6.45) is 3.49. The highest BCUT2D eigenvalue weighted by Gasteiger charge is 2.49. The van der Waals surface area contributed by atoms with Crippen LogP contribution in [0.25, 0.3) is 10.2 Å². The van der Waals surface area contributed by atoms with E-state index in [-0.39, 0.29) is 35.4 Å². The van der Waals surface area contributed by atoms with E-state index in [0.717, 1.165) is 47.6 Å². The van der Waals surface area contributed by atoms with Crippen LogP contribution in [0.1, 0.15) is 41.6 Å². The van der Waals surface area contributed by atoms with Crippen LogP contribution in [-0.2, 0) is 0 Å². The number of benzene rings is 2. The van der Waals surface area contributed by atoms with Gasteiger partial charge in [0.05, 0.1) is 35.1 Å². The zero-order valence-corrected chi connectivity index (χ0v) is 19.0. The number of oxime groups is 1. The Bertz CT molecular complexity index is 1270. The minimum absolute atomic E-state index is 0.0267. The van der Waals surface area contributed by atoms with Crippen molar-refractivity contribution in [3.05, 3.63) is 47.5 Å². The number of phenolic OH excluding ortho intramolecular Hbond substituents is 1. The average molecular weight is 466 g/mol. The van der Waals surface area contributed by atoms with Crippen LogP contribution in [0.5, 0.6) is 11.5 Å². The summed E-state index contributed by atoms with van der Waals surface area (Å²) in [6, 6.07) is 11.1. The summed E-state index contributed by atoms with van der Waals surface area (Å²) in [6.45, 7) is 0.878. The standard InChI is InChI=1S/C24H24N4O4S/c1-28(24-25-16-6-2-3-7-20(16)33-24)9-5-4-8-21(28)26-23(30)13-11-18-14(10-17(13)29)22(27-31)15-12-19(15)32-18/h2-3,6-7,10-11,15,19,21H,4-5,8-9,12H2,1H3,(H2-,26,29,30,31)/p+1/t15?,19?,21?,28-/m0/s1. The molecule has 170 valence electrons. The molecule has 1 aromatic heterocycles. The third-order valence-electron chi connectivity index (χ3n) is 7.14. The fraction of sp³-hybridized carbons (Fsp3) is 0.375. The molecule has 3 aromatic rings. The molecule has 1 aliphatic carbocycles. The van der Waals surface area contributed by atoms with Crippen molar-refractivity contribution in [2.45, 2.75) is 38.0 Å². The number of ether oxygens (including phenoxy) is 1. The molecule has 8 nitrogen and oxygen atoms in total. The van der Waals surface area contributed by atoms with Crippen LogP contribution >= 0.6 is 11.3 Å². The molecule has 3 heterocycles. The number of amides is 1. The largest absolute Gasteiger partial charge is 0.507 e. The van der Waals surface area contributed by atoms with E-state index in [1.54, 1.807) is 17.4 Å². The number of phenols is 1. The van der Waals surface area contributed by atoms with Gasteiger partial charge in [0.25, 0.3) is 11.0 Å². The molecule has 0 bridgehead atoms. The maximum absolute atomic E-state index is 13.3. The molecular weight excluding hydrogens is 440 g/mol. The normalized spacial score (nSPS) is 29.2. The number of carbonyl (C=O) groups excluding carboxylic acids is 1. The van der Waals surface area contributed by atoms with Gasteiger partial charge >= 0.3 is 0 Å². The maximum Gasteiger partial charge on any atom is 0.288 e. The monoisotopic (exact) mass is 465 g/mol. The molecule has 1 saturated heterocycles. The Morgan fingerprint density at radius 2 is 2.15 bits per heavy atom. The second-order valence-electron chi connectivity index (χ2n) is 9.29. The lowest BCUT2D eigenvalue weighted by Crippen LogP contribution is -2.63. The Morgan fingerprint density at radius 3 is 2.97 bits per heavy atom. The summed E-state index contributed by atoms with van der Waals surface area (Å²) in [4.78, 5) is 18.2. The van der Waals surface area contributed by atoms with Gasteiger partial charge in [-0.15, -0.1) is 0 Å². The fourth-order valence-corrected chi connectivity index (χ4v) is 6.23. The molecule has 2 fully saturated rings. The second kappa shape index (κ2) is 7.43. The summed E-state index contributed by atoms with van der Waals surface area (Å²) in [5.41, 5.74) is 2.18. The van der Waals surface area contributed by atoms with Crippen LogP contribution in [0.2, 0.25) is 0 Å². The lowest BCUT2D eigenvalue weighted by atomic mass is 9.99. The Kier molecular flexibility index (Phi) is 4.60. The first-order chi connectivity index (χ1) is 16.0. The van der Waals surface area contributed by atoms with Gasteiger partial charge < -0.3 is 20.4 Å². The van der Waals surface area contributed by atoms with Crippen LogP contribution in [0.3, 0.4) is 0 Å². The van der Waals surface area contributed by atoms with E-state index in [4.69, 9.17) is 9.72 Å². The van der Waals surface area contributed by atoms with E-state index in [9.17, 15) is 15.1 Å². The third kappa shape index (κ3) is 3.26. The summed E-state index contributed by atoms with van der Waals surface area (Å²) < 4.78 is 7.58. The number of carbonyl (C=O) groups is 1. The van der Waals surface area contributed by atoms with Crippen LogP contribution in [-0.4, -0.2) is 52.8 Å². The first-order valence-electron chi connectivity index (χ1n) is 11.3. The van der Waals surface area contributed by atoms with E-state index < -0.39 is 0 Å². The van der Waals surface area contributed by atoms with Gasteiger partial charge in [0.1, 0.15) is 17.6 Å². The lowest BCUT2D eigenvalue weighted by Gasteiger charge is -2.42. The summed E-state index contributed by atoms with van der Waals surface area (Å²) >= 11 is 1.66. The number of aromatic hydroxyl groups is 1. The van der Waals surface area contributed by atoms with E-state index in [2.05, 4.69) is 23.6 Å². The third-order valence-corrected chi connectivity index (χ3v) is 8.40. The maximum atomic E-state index is 13.3. The average Bonchev–Trinajstić information content (AvgIpc) is 3.44. The van der Waals surface area contributed by atoms with Gasteiger partial charge in [-0.25, -0.2) is 4.48 Å². The molecule has 1 amide bonds. The van der Waals surface area contributed by atoms with E-state index in [0.29, 0.717) is 21.5 Å². The van der Waals surface area contributed by atoms with E-state index in [1.165, 1.54) is 6.07 Å². The van der Waals surface area contributed by atoms with Crippen molar-refractivity contribution in [2.24, 2.45) is 11.1 Å². The molecular formula is C24H25N4O4S+. The Morgan fingerprint density at radius 1 is 1.30 bits per heavy atom. The zero-order valence-electron chi connectivity index (χ0n) is 18.2. The highest BCUT2D eigenvalue weighted by atomic mass is 32.1. The van der Waals surface area contributed by atoms with Crippen LogP contribution in [0.15, 0.2) is 41.6 Å². The molecule has 3 aliphatic rings. The number of nitrogens with one attached hydrogen (secondary N) is 1. The van der Waals surface area contributed by atoms with Gasteiger partial charge in [0.2, 0.25) is 0 Å². The minimum Gasteiger partial charge on any atom is -0.507 e. The van der Waals surface area contributed by atoms with Crippen molar-refractivity contribution >= 4 is 38.3 Å². The molecule has 0 spiro atoms. The summed E-state index contributed by atoms with van der Waals surface area (Å²) in [7, 11) is 2.12. The molecule has 9 heteroatoms. The number of thiazole rings is 1. The topological polar surface area (TPSA) is 104 Å². The van der Waals surface area contributed by atoms with Crippen molar-refractivity contribution in [1.29, 1.82) is 0 Å². The van der Waals surface area contributed by atoms with Crippen molar-refractivity contribution in [3.63, 3.8) is 0 Å². The van der Waals surface area contributed by atoms with Gasteiger partial charge in [0, 0.05) is 17.9 Å². The highest BCUT2D eigenvalue weighted by Crippen LogP contribution is 2.46. The number of nitrogens with zero attached hydrogens (tertiary/aromatic N) is 3. The molecule has 0 radical (unpaired) electrons. The van der Waals surface area contributed by atoms with Crippen molar-refractivity contribution < 1.29 is 19.8 Å². The summed E-state index contributed by atoms with van der Waals surface area (Å²) in [5.74, 6) is 0.0176. The van der Waals surface area contributed by atoms with E-state index >= 15 is 0 Å². The second-order valence-corrected chi connectivity index (χ2v) is 10.3. The van der Waals surface area contributed by atoms with Crippen LogP contribution in [0.4, 0.5) is 5.13 Å². The minimum atomic E-state index is -0.350. The number of piperidine rings is 1. The summed E-state index contributed by atoms with van der Waals surface area (Å²) in [5, 5.41) is 27.6. The quantitative estimate of drug-likeness (QED) is 0.310. The SMILES string of the molecule is C[N@+]1(c2nc3ccccc3s2)CCCCC1NC(=O)c1cc2c(cc1O)C(=NO)C1CC1O2. The van der Waals surface area contributed by atoms with Gasteiger partial charge in [-0.1, -0.05) is 28.6 Å². The molecule has 4 atom stereocenters. The predicted molar refractivity (Wildman–Crippen MR) is 126 cm³/mol. The number of hydrogen-bond acceptors (Lipinski definition) is 7. The number of hydrogen-bond donors (Lipinski definition) is 3. The van der Waals surface area contributed by atoms with Crippen LogP contribution in [0, 0.1) is 5.92 Å².